The normalized spacial score (nSPS) is 14.3. The van der Waals surface area contributed by atoms with Crippen LogP contribution in [0.4, 0.5) is 0 Å². The van der Waals surface area contributed by atoms with Gasteiger partial charge in [0.15, 0.2) is 0 Å². The molecule has 1 heterocycles. The second-order valence-corrected chi connectivity index (χ2v) is 3.91. The Hall–Kier alpha value is -1.38. The Bertz CT molecular complexity index is 420. The number of carbonyl (C=O) groups excluding carboxylic acids is 1. The lowest BCUT2D eigenvalue weighted by atomic mass is 10.2. The Labute approximate surface area is 103 Å². The summed E-state index contributed by atoms with van der Waals surface area (Å²) in [4.78, 5) is 26.0. The van der Waals surface area contributed by atoms with E-state index in [1.54, 1.807) is 0 Å². The number of hydrogen-bond donors (Lipinski definition) is 4. The molecule has 0 aliphatic carbocycles. The SMILES string of the molecule is N[C@@H](Cc1cn(C(=O)[C@@H](N)CS)cn1)C(=O)O. The lowest BCUT2D eigenvalue weighted by Gasteiger charge is -2.06. The van der Waals surface area contributed by atoms with E-state index in [0.29, 0.717) is 5.69 Å². The van der Waals surface area contributed by atoms with Gasteiger partial charge in [0.25, 0.3) is 0 Å². The summed E-state index contributed by atoms with van der Waals surface area (Å²) in [5, 5.41) is 8.63. The number of carboxylic acid groups (broad SMARTS) is 1. The van der Waals surface area contributed by atoms with Gasteiger partial charge in [-0.05, 0) is 0 Å². The van der Waals surface area contributed by atoms with Crippen LogP contribution < -0.4 is 11.5 Å². The average molecular weight is 258 g/mol. The van der Waals surface area contributed by atoms with Crippen molar-refractivity contribution in [3.63, 3.8) is 0 Å². The van der Waals surface area contributed by atoms with E-state index in [4.69, 9.17) is 16.6 Å². The fourth-order valence-corrected chi connectivity index (χ4v) is 1.33. The molecule has 7 nitrogen and oxygen atoms in total. The largest absolute Gasteiger partial charge is 0.480 e. The molecule has 0 bridgehead atoms. The van der Waals surface area contributed by atoms with E-state index in [-0.39, 0.29) is 18.1 Å². The summed E-state index contributed by atoms with van der Waals surface area (Å²) in [5.41, 5.74) is 11.3. The average Bonchev–Trinajstić information content (AvgIpc) is 2.75. The van der Waals surface area contributed by atoms with Gasteiger partial charge in [0.2, 0.25) is 5.91 Å². The van der Waals surface area contributed by atoms with Gasteiger partial charge in [0.05, 0.1) is 11.7 Å². The number of rotatable bonds is 5. The third-order valence-electron chi connectivity index (χ3n) is 2.15. The number of carbonyl (C=O) groups is 2. The number of hydrogen-bond acceptors (Lipinski definition) is 6. The van der Waals surface area contributed by atoms with Crippen LogP contribution in [0.15, 0.2) is 12.5 Å². The summed E-state index contributed by atoms with van der Waals surface area (Å²) in [5.74, 6) is -1.23. The summed E-state index contributed by atoms with van der Waals surface area (Å²) in [6.07, 6.45) is 2.77. The van der Waals surface area contributed by atoms with E-state index in [1.807, 2.05) is 0 Å². The van der Waals surface area contributed by atoms with Crippen LogP contribution >= 0.6 is 12.6 Å². The van der Waals surface area contributed by atoms with Gasteiger partial charge in [-0.1, -0.05) is 0 Å². The van der Waals surface area contributed by atoms with Crippen LogP contribution in [0.1, 0.15) is 10.5 Å². The zero-order valence-corrected chi connectivity index (χ0v) is 9.88. The zero-order chi connectivity index (χ0) is 13.0. The van der Waals surface area contributed by atoms with Gasteiger partial charge in [-0.2, -0.15) is 12.6 Å². The predicted molar refractivity (Wildman–Crippen MR) is 64.0 cm³/mol. The Kier molecular flexibility index (Phi) is 4.67. The fourth-order valence-electron chi connectivity index (χ4n) is 1.17. The van der Waals surface area contributed by atoms with Crippen molar-refractivity contribution < 1.29 is 14.7 Å². The Morgan fingerprint density at radius 1 is 1.47 bits per heavy atom. The summed E-state index contributed by atoms with van der Waals surface area (Å²) in [6.45, 7) is 0. The molecule has 1 aromatic rings. The molecule has 0 aliphatic heterocycles. The molecule has 0 amide bonds. The van der Waals surface area contributed by atoms with E-state index in [9.17, 15) is 9.59 Å². The Morgan fingerprint density at radius 3 is 2.65 bits per heavy atom. The van der Waals surface area contributed by atoms with Gasteiger partial charge in [0, 0.05) is 18.4 Å². The molecule has 0 aromatic carbocycles. The maximum absolute atomic E-state index is 11.6. The molecule has 0 spiro atoms. The smallest absolute Gasteiger partial charge is 0.320 e. The number of aliphatic carboxylic acids is 1. The summed E-state index contributed by atoms with van der Waals surface area (Å²) in [7, 11) is 0. The second kappa shape index (κ2) is 5.80. The lowest BCUT2D eigenvalue weighted by Crippen LogP contribution is -2.35. The van der Waals surface area contributed by atoms with Crippen molar-refractivity contribution in [3.8, 4) is 0 Å². The molecule has 8 heteroatoms. The van der Waals surface area contributed by atoms with Crippen LogP contribution in [0.5, 0.6) is 0 Å². The molecular weight excluding hydrogens is 244 g/mol. The van der Waals surface area contributed by atoms with E-state index >= 15 is 0 Å². The molecule has 17 heavy (non-hydrogen) atoms. The topological polar surface area (TPSA) is 124 Å². The number of nitrogens with two attached hydrogens (primary N) is 2. The van der Waals surface area contributed by atoms with Crippen molar-refractivity contribution in [2.24, 2.45) is 11.5 Å². The third-order valence-corrected chi connectivity index (χ3v) is 2.54. The van der Waals surface area contributed by atoms with Crippen LogP contribution in [-0.2, 0) is 11.2 Å². The van der Waals surface area contributed by atoms with Gasteiger partial charge >= 0.3 is 5.97 Å². The summed E-state index contributed by atoms with van der Waals surface area (Å²) < 4.78 is 1.21. The minimum atomic E-state index is -1.11. The van der Waals surface area contributed by atoms with Gasteiger partial charge < -0.3 is 16.6 Å². The quantitative estimate of drug-likeness (QED) is 0.488. The molecule has 2 atom stereocenters. The molecule has 0 radical (unpaired) electrons. The van der Waals surface area contributed by atoms with E-state index in [2.05, 4.69) is 17.6 Å². The van der Waals surface area contributed by atoms with Crippen molar-refractivity contribution in [2.75, 3.05) is 5.75 Å². The molecule has 5 N–H and O–H groups in total. The van der Waals surface area contributed by atoms with E-state index in [0.717, 1.165) is 0 Å². The van der Waals surface area contributed by atoms with Crippen molar-refractivity contribution >= 4 is 24.5 Å². The van der Waals surface area contributed by atoms with Crippen LogP contribution in [0, 0.1) is 0 Å². The summed E-state index contributed by atoms with van der Waals surface area (Å²) in [6, 6.07) is -1.75. The van der Waals surface area contributed by atoms with Crippen molar-refractivity contribution in [2.45, 2.75) is 18.5 Å². The molecule has 94 valence electrons. The zero-order valence-electron chi connectivity index (χ0n) is 8.98. The third kappa shape index (κ3) is 3.55. The fraction of sp³-hybridized carbons (Fsp3) is 0.444. The number of nitrogens with zero attached hydrogens (tertiary/aromatic N) is 2. The first-order valence-corrected chi connectivity index (χ1v) is 5.51. The van der Waals surface area contributed by atoms with Gasteiger partial charge in [-0.25, -0.2) is 4.98 Å². The first kappa shape index (κ1) is 13.7. The van der Waals surface area contributed by atoms with Crippen molar-refractivity contribution in [1.29, 1.82) is 0 Å². The Morgan fingerprint density at radius 2 is 2.12 bits per heavy atom. The maximum Gasteiger partial charge on any atom is 0.320 e. The predicted octanol–water partition coefficient (Wildman–Crippen LogP) is -1.27. The summed E-state index contributed by atoms with van der Waals surface area (Å²) >= 11 is 3.92. The van der Waals surface area contributed by atoms with E-state index in [1.165, 1.54) is 17.1 Å². The maximum atomic E-state index is 11.6. The molecule has 0 aliphatic rings. The van der Waals surface area contributed by atoms with Gasteiger partial charge in [-0.15, -0.1) is 0 Å². The molecule has 0 saturated heterocycles. The first-order valence-electron chi connectivity index (χ1n) is 4.87. The molecule has 0 unspecified atom stereocenters. The number of carboxylic acids is 1. The van der Waals surface area contributed by atoms with Gasteiger partial charge in [0.1, 0.15) is 12.4 Å². The monoisotopic (exact) mass is 258 g/mol. The molecule has 1 aromatic heterocycles. The molecule has 0 fully saturated rings. The Balaban J connectivity index is 2.71. The second-order valence-electron chi connectivity index (χ2n) is 3.55. The molecular formula is C9H14N4O3S. The number of thiol groups is 1. The standard InChI is InChI=1S/C9H14N4O3S/c10-6(9(15)16)1-5-2-13(4-12-5)8(14)7(11)3-17/h2,4,6-7,17H,1,3,10-11H2,(H,15,16)/t6-,7-/m0/s1. The highest BCUT2D eigenvalue weighted by molar-refractivity contribution is 7.80. The highest BCUT2D eigenvalue weighted by Crippen LogP contribution is 2.01. The van der Waals surface area contributed by atoms with Crippen LogP contribution in [-0.4, -0.2) is 44.4 Å². The molecule has 0 saturated carbocycles. The van der Waals surface area contributed by atoms with E-state index < -0.39 is 18.1 Å². The van der Waals surface area contributed by atoms with Crippen LogP contribution in [0.25, 0.3) is 0 Å². The minimum absolute atomic E-state index is 0.0612. The number of aromatic nitrogens is 2. The lowest BCUT2D eigenvalue weighted by molar-refractivity contribution is -0.138. The highest BCUT2D eigenvalue weighted by atomic mass is 32.1. The minimum Gasteiger partial charge on any atom is -0.480 e. The van der Waals surface area contributed by atoms with Crippen LogP contribution in [0.3, 0.4) is 0 Å². The molecule has 1 rings (SSSR count). The van der Waals surface area contributed by atoms with Crippen molar-refractivity contribution in [1.82, 2.24) is 9.55 Å². The highest BCUT2D eigenvalue weighted by Gasteiger charge is 2.17. The first-order chi connectivity index (χ1) is 7.95. The number of imidazole rings is 1. The van der Waals surface area contributed by atoms with Gasteiger partial charge in [-0.3, -0.25) is 14.2 Å². The van der Waals surface area contributed by atoms with Crippen molar-refractivity contribution in [3.05, 3.63) is 18.2 Å². The van der Waals surface area contributed by atoms with Crippen LogP contribution in [0.2, 0.25) is 0 Å².